The lowest BCUT2D eigenvalue weighted by Gasteiger charge is -2.23. The van der Waals surface area contributed by atoms with Crippen LogP contribution in [0, 0.1) is 0 Å². The predicted octanol–water partition coefficient (Wildman–Crippen LogP) is 3.61. The Labute approximate surface area is 199 Å². The number of para-hydroxylation sites is 1. The van der Waals surface area contributed by atoms with Crippen molar-refractivity contribution in [1.82, 2.24) is 5.43 Å². The molecule has 0 saturated carbocycles. The van der Waals surface area contributed by atoms with Gasteiger partial charge in [-0.3, -0.25) is 9.10 Å². The Morgan fingerprint density at radius 3 is 2.44 bits per heavy atom. The maximum atomic E-state index is 13.3. The molecule has 34 heavy (non-hydrogen) atoms. The van der Waals surface area contributed by atoms with E-state index in [4.69, 9.17) is 9.47 Å². The van der Waals surface area contributed by atoms with Gasteiger partial charge in [0.25, 0.3) is 15.9 Å². The van der Waals surface area contributed by atoms with E-state index in [1.807, 2.05) is 0 Å². The number of hydrazone groups is 1. The zero-order chi connectivity index (χ0) is 24.4. The molecule has 0 aliphatic heterocycles. The molecule has 0 unspecified atom stereocenters. The summed E-state index contributed by atoms with van der Waals surface area (Å²) < 4.78 is 38.3. The number of anilines is 1. The summed E-state index contributed by atoms with van der Waals surface area (Å²) in [7, 11) is -2.53. The number of methoxy groups -OCH3 is 1. The maximum absolute atomic E-state index is 13.3. The van der Waals surface area contributed by atoms with E-state index in [0.717, 1.165) is 4.31 Å². The van der Waals surface area contributed by atoms with E-state index in [2.05, 4.69) is 17.1 Å². The summed E-state index contributed by atoms with van der Waals surface area (Å²) in [6, 6.07) is 21.5. The van der Waals surface area contributed by atoms with E-state index in [-0.39, 0.29) is 4.90 Å². The quantitative estimate of drug-likeness (QED) is 0.257. The highest BCUT2D eigenvalue weighted by Crippen LogP contribution is 2.24. The third kappa shape index (κ3) is 6.46. The zero-order valence-corrected chi connectivity index (χ0v) is 19.4. The van der Waals surface area contributed by atoms with Gasteiger partial charge in [-0.05, 0) is 54.1 Å². The monoisotopic (exact) mass is 479 g/mol. The molecule has 0 aliphatic rings. The second-order valence-corrected chi connectivity index (χ2v) is 8.85. The van der Waals surface area contributed by atoms with Gasteiger partial charge in [0.05, 0.1) is 23.9 Å². The Hall–Kier alpha value is -4.11. The van der Waals surface area contributed by atoms with E-state index in [0.29, 0.717) is 29.4 Å². The van der Waals surface area contributed by atoms with Gasteiger partial charge in [0, 0.05) is 0 Å². The van der Waals surface area contributed by atoms with Crippen LogP contribution in [0.4, 0.5) is 5.69 Å². The van der Waals surface area contributed by atoms with Crippen molar-refractivity contribution in [3.05, 3.63) is 97.1 Å². The molecule has 8 nitrogen and oxygen atoms in total. The summed E-state index contributed by atoms with van der Waals surface area (Å²) in [5, 5.41) is 3.95. The second-order valence-electron chi connectivity index (χ2n) is 6.99. The number of benzene rings is 3. The number of sulfonamides is 1. The van der Waals surface area contributed by atoms with Crippen molar-refractivity contribution in [2.24, 2.45) is 5.10 Å². The maximum Gasteiger partial charge on any atom is 0.264 e. The topological polar surface area (TPSA) is 97.3 Å². The van der Waals surface area contributed by atoms with Crippen LogP contribution < -0.4 is 19.2 Å². The third-order valence-corrected chi connectivity index (χ3v) is 6.40. The van der Waals surface area contributed by atoms with Crippen LogP contribution in [0.3, 0.4) is 0 Å². The van der Waals surface area contributed by atoms with Crippen LogP contribution in [0.25, 0.3) is 0 Å². The number of hydrogen-bond acceptors (Lipinski definition) is 6. The Bertz CT molecular complexity index is 1240. The summed E-state index contributed by atoms with van der Waals surface area (Å²) in [6.07, 6.45) is 3.09. The Morgan fingerprint density at radius 2 is 1.76 bits per heavy atom. The first-order chi connectivity index (χ1) is 16.4. The molecule has 9 heteroatoms. The van der Waals surface area contributed by atoms with Gasteiger partial charge >= 0.3 is 0 Å². The lowest BCUT2D eigenvalue weighted by atomic mass is 10.2. The van der Waals surface area contributed by atoms with Gasteiger partial charge in [0.15, 0.2) is 0 Å². The van der Waals surface area contributed by atoms with Gasteiger partial charge in [-0.15, -0.1) is 0 Å². The average molecular weight is 480 g/mol. The summed E-state index contributed by atoms with van der Waals surface area (Å²) in [5.74, 6) is 0.559. The number of ether oxygens (including phenoxy) is 2. The Kier molecular flexibility index (Phi) is 8.42. The number of nitrogens with zero attached hydrogens (tertiary/aromatic N) is 2. The molecule has 176 valence electrons. The number of carbonyl (C=O) groups is 1. The molecule has 1 N–H and O–H groups in total. The van der Waals surface area contributed by atoms with Crippen molar-refractivity contribution in [2.75, 3.05) is 24.6 Å². The third-order valence-electron chi connectivity index (χ3n) is 4.61. The minimum Gasteiger partial charge on any atom is -0.497 e. The van der Waals surface area contributed by atoms with Gasteiger partial charge in [-0.2, -0.15) is 5.10 Å². The Morgan fingerprint density at radius 1 is 1.03 bits per heavy atom. The summed E-state index contributed by atoms with van der Waals surface area (Å²) in [5.41, 5.74) is 3.44. The van der Waals surface area contributed by atoms with Crippen LogP contribution >= 0.6 is 0 Å². The molecular weight excluding hydrogens is 454 g/mol. The molecule has 0 fully saturated rings. The predicted molar refractivity (Wildman–Crippen MR) is 132 cm³/mol. The number of carbonyl (C=O) groups excluding carboxylic acids is 1. The minimum atomic E-state index is -4.03. The van der Waals surface area contributed by atoms with Crippen LogP contribution in [0.5, 0.6) is 11.5 Å². The normalized spacial score (nSPS) is 11.1. The van der Waals surface area contributed by atoms with E-state index < -0.39 is 22.5 Å². The van der Waals surface area contributed by atoms with Gasteiger partial charge in [-0.1, -0.05) is 43.0 Å². The smallest absolute Gasteiger partial charge is 0.264 e. The molecule has 0 spiro atoms. The minimum absolute atomic E-state index is 0.0322. The zero-order valence-electron chi connectivity index (χ0n) is 18.6. The standard InChI is InChI=1S/C25H25N3O5S/c1-3-16-33-23-11-7-8-20(17-23)18-26-27-25(29)19-28(21-9-5-4-6-10-21)34(30,31)24-14-12-22(32-2)13-15-24/h3-15,17-18H,1,16,19H2,2H3,(H,27,29)/b26-18-. The first-order valence-corrected chi connectivity index (χ1v) is 11.8. The molecule has 0 aromatic heterocycles. The molecular formula is C25H25N3O5S. The highest BCUT2D eigenvalue weighted by atomic mass is 32.2. The van der Waals surface area contributed by atoms with E-state index in [1.54, 1.807) is 72.8 Å². The van der Waals surface area contributed by atoms with E-state index in [9.17, 15) is 13.2 Å². The number of amides is 1. The molecule has 1 amide bonds. The van der Waals surface area contributed by atoms with Crippen molar-refractivity contribution in [1.29, 1.82) is 0 Å². The molecule has 3 aromatic carbocycles. The van der Waals surface area contributed by atoms with Gasteiger partial charge in [0.2, 0.25) is 0 Å². The molecule has 3 aromatic rings. The summed E-state index contributed by atoms with van der Waals surface area (Å²) in [6.45, 7) is 3.52. The van der Waals surface area contributed by atoms with Crippen LogP contribution in [-0.2, 0) is 14.8 Å². The van der Waals surface area contributed by atoms with Crippen LogP contribution in [0.15, 0.2) is 102 Å². The molecule has 0 heterocycles. The number of rotatable bonds is 11. The largest absolute Gasteiger partial charge is 0.497 e. The van der Waals surface area contributed by atoms with Gasteiger partial charge < -0.3 is 9.47 Å². The van der Waals surface area contributed by atoms with Crippen molar-refractivity contribution in [2.45, 2.75) is 4.90 Å². The highest BCUT2D eigenvalue weighted by molar-refractivity contribution is 7.92. The van der Waals surface area contributed by atoms with Crippen molar-refractivity contribution in [3.8, 4) is 11.5 Å². The second kappa shape index (κ2) is 11.7. The lowest BCUT2D eigenvalue weighted by molar-refractivity contribution is -0.119. The van der Waals surface area contributed by atoms with Crippen LogP contribution in [0.2, 0.25) is 0 Å². The fraction of sp³-hybridized carbons (Fsp3) is 0.120. The number of nitrogens with one attached hydrogen (secondary N) is 1. The van der Waals surface area contributed by atoms with Crippen molar-refractivity contribution in [3.63, 3.8) is 0 Å². The van der Waals surface area contributed by atoms with Crippen molar-refractivity contribution >= 4 is 27.8 Å². The van der Waals surface area contributed by atoms with Gasteiger partial charge in [-0.25, -0.2) is 13.8 Å². The molecule has 0 aliphatic carbocycles. The lowest BCUT2D eigenvalue weighted by Crippen LogP contribution is -2.39. The highest BCUT2D eigenvalue weighted by Gasteiger charge is 2.27. The van der Waals surface area contributed by atoms with E-state index >= 15 is 0 Å². The summed E-state index contributed by atoms with van der Waals surface area (Å²) >= 11 is 0. The molecule has 0 saturated heterocycles. The molecule has 3 rings (SSSR count). The first-order valence-electron chi connectivity index (χ1n) is 10.3. The molecule has 0 radical (unpaired) electrons. The van der Waals surface area contributed by atoms with E-state index in [1.165, 1.54) is 25.5 Å². The number of hydrogen-bond donors (Lipinski definition) is 1. The van der Waals surface area contributed by atoms with Crippen LogP contribution in [0.1, 0.15) is 5.56 Å². The summed E-state index contributed by atoms with van der Waals surface area (Å²) in [4.78, 5) is 12.6. The Balaban J connectivity index is 1.76. The van der Waals surface area contributed by atoms with Crippen LogP contribution in [-0.4, -0.2) is 40.8 Å². The molecule has 0 atom stereocenters. The fourth-order valence-electron chi connectivity index (χ4n) is 2.97. The van der Waals surface area contributed by atoms with Gasteiger partial charge in [0.1, 0.15) is 24.7 Å². The average Bonchev–Trinajstić information content (AvgIpc) is 2.86. The SMILES string of the molecule is C=CCOc1cccc(/C=N\NC(=O)CN(c2ccccc2)S(=O)(=O)c2ccc(OC)cc2)c1. The molecule has 0 bridgehead atoms. The fourth-order valence-corrected chi connectivity index (χ4v) is 4.39. The first kappa shape index (κ1) is 24.5. The van der Waals surface area contributed by atoms with Crippen molar-refractivity contribution < 1.29 is 22.7 Å².